The standard InChI is InChI=1S/C5H4ClN2O/c1-3-4(9)2-7-8-5(3)6/h1H3,(H,8,9). The quantitative estimate of drug-likeness (QED) is 0.588. The van der Waals surface area contributed by atoms with Crippen molar-refractivity contribution in [2.24, 2.45) is 0 Å². The van der Waals surface area contributed by atoms with Crippen molar-refractivity contribution < 1.29 is 5.11 Å². The van der Waals surface area contributed by atoms with Crippen molar-refractivity contribution in [1.29, 1.82) is 0 Å². The summed E-state index contributed by atoms with van der Waals surface area (Å²) >= 11 is 5.46. The number of hydrogen-bond acceptors (Lipinski definition) is 3. The molecule has 0 saturated heterocycles. The summed E-state index contributed by atoms with van der Waals surface area (Å²) in [6, 6.07) is 0. The van der Waals surface area contributed by atoms with Gasteiger partial charge >= 0.3 is 0 Å². The van der Waals surface area contributed by atoms with Crippen molar-refractivity contribution in [3.8, 4) is 5.75 Å². The molecule has 9 heavy (non-hydrogen) atoms. The van der Waals surface area contributed by atoms with E-state index >= 15 is 0 Å². The van der Waals surface area contributed by atoms with Crippen LogP contribution in [0.2, 0.25) is 5.15 Å². The first-order valence-electron chi connectivity index (χ1n) is 2.31. The number of aromatic hydroxyl groups is 1. The van der Waals surface area contributed by atoms with Crippen molar-refractivity contribution in [2.45, 2.75) is 6.92 Å². The van der Waals surface area contributed by atoms with Gasteiger partial charge in [-0.15, -0.1) is 10.2 Å². The minimum Gasteiger partial charge on any atom is -0.505 e. The predicted molar refractivity (Wildman–Crippen MR) is 32.3 cm³/mol. The molecule has 0 amide bonds. The van der Waals surface area contributed by atoms with Crippen LogP contribution >= 0.6 is 11.6 Å². The molecule has 1 N–H and O–H groups in total. The summed E-state index contributed by atoms with van der Waals surface area (Å²) < 4.78 is 0. The highest BCUT2D eigenvalue weighted by Crippen LogP contribution is 2.18. The van der Waals surface area contributed by atoms with E-state index in [1.165, 1.54) is 0 Å². The first-order valence-corrected chi connectivity index (χ1v) is 2.69. The lowest BCUT2D eigenvalue weighted by atomic mass is 10.3. The van der Waals surface area contributed by atoms with Gasteiger partial charge in [-0.2, -0.15) is 0 Å². The van der Waals surface area contributed by atoms with Crippen molar-refractivity contribution in [3.63, 3.8) is 0 Å². The van der Waals surface area contributed by atoms with Gasteiger partial charge in [0.25, 0.3) is 0 Å². The van der Waals surface area contributed by atoms with Crippen LogP contribution in [0.4, 0.5) is 0 Å². The van der Waals surface area contributed by atoms with E-state index in [1.807, 2.05) is 0 Å². The second kappa shape index (κ2) is 2.19. The molecule has 0 aliphatic rings. The molecule has 1 heterocycles. The molecule has 0 saturated carbocycles. The van der Waals surface area contributed by atoms with E-state index in [2.05, 4.69) is 16.4 Å². The summed E-state index contributed by atoms with van der Waals surface area (Å²) in [5, 5.41) is 15.8. The molecule has 1 aromatic rings. The Bertz CT molecular complexity index is 206. The zero-order valence-corrected chi connectivity index (χ0v) is 5.48. The van der Waals surface area contributed by atoms with Crippen molar-refractivity contribution in [1.82, 2.24) is 10.2 Å². The minimum absolute atomic E-state index is 0.0463. The van der Waals surface area contributed by atoms with Crippen LogP contribution in [-0.2, 0) is 0 Å². The lowest BCUT2D eigenvalue weighted by Gasteiger charge is -1.94. The third-order valence-corrected chi connectivity index (χ3v) is 1.32. The molecule has 0 bridgehead atoms. The highest BCUT2D eigenvalue weighted by molar-refractivity contribution is 6.30. The molecule has 3 nitrogen and oxygen atoms in total. The third kappa shape index (κ3) is 1.10. The van der Waals surface area contributed by atoms with E-state index < -0.39 is 0 Å². The fourth-order valence-electron chi connectivity index (χ4n) is 0.373. The summed E-state index contributed by atoms with van der Waals surface area (Å²) in [5.41, 5.74) is 0.506. The lowest BCUT2D eigenvalue weighted by molar-refractivity contribution is 0.464. The van der Waals surface area contributed by atoms with Crippen LogP contribution in [0.15, 0.2) is 0 Å². The molecule has 4 heteroatoms. The zero-order chi connectivity index (χ0) is 6.85. The van der Waals surface area contributed by atoms with Crippen LogP contribution in [0, 0.1) is 13.1 Å². The van der Waals surface area contributed by atoms with E-state index in [9.17, 15) is 0 Å². The second-order valence-corrected chi connectivity index (χ2v) is 1.93. The molecular formula is C5H4ClN2O. The van der Waals surface area contributed by atoms with Crippen LogP contribution in [0.1, 0.15) is 5.56 Å². The van der Waals surface area contributed by atoms with Crippen LogP contribution in [0.3, 0.4) is 0 Å². The highest BCUT2D eigenvalue weighted by Gasteiger charge is 2.00. The maximum Gasteiger partial charge on any atom is 0.159 e. The molecule has 1 rings (SSSR count). The van der Waals surface area contributed by atoms with Gasteiger partial charge in [0.15, 0.2) is 17.1 Å². The van der Waals surface area contributed by atoms with Gasteiger partial charge < -0.3 is 5.11 Å². The summed E-state index contributed by atoms with van der Waals surface area (Å²) in [5.74, 6) is -0.0463. The molecule has 0 aliphatic carbocycles. The Balaban J connectivity index is 3.25. The third-order valence-electron chi connectivity index (χ3n) is 0.958. The van der Waals surface area contributed by atoms with E-state index in [-0.39, 0.29) is 10.9 Å². The van der Waals surface area contributed by atoms with Gasteiger partial charge in [0, 0.05) is 5.56 Å². The Morgan fingerprint density at radius 1 is 1.67 bits per heavy atom. The van der Waals surface area contributed by atoms with E-state index in [0.717, 1.165) is 0 Å². The smallest absolute Gasteiger partial charge is 0.159 e. The topological polar surface area (TPSA) is 46.0 Å². The first-order chi connectivity index (χ1) is 4.22. The van der Waals surface area contributed by atoms with Crippen LogP contribution < -0.4 is 0 Å². The number of aromatic nitrogens is 2. The van der Waals surface area contributed by atoms with Crippen LogP contribution in [0.25, 0.3) is 0 Å². The summed E-state index contributed by atoms with van der Waals surface area (Å²) in [7, 11) is 0. The second-order valence-electron chi connectivity index (χ2n) is 1.58. The Labute approximate surface area is 57.3 Å². The molecule has 0 aromatic carbocycles. The monoisotopic (exact) mass is 143 g/mol. The largest absolute Gasteiger partial charge is 0.505 e. The number of nitrogens with zero attached hydrogens (tertiary/aromatic N) is 2. The summed E-state index contributed by atoms with van der Waals surface area (Å²) in [6.07, 6.45) is 2.25. The number of rotatable bonds is 0. The van der Waals surface area contributed by atoms with Crippen LogP contribution in [-0.4, -0.2) is 15.3 Å². The molecule has 0 aliphatic heterocycles. The molecular weight excluding hydrogens is 140 g/mol. The van der Waals surface area contributed by atoms with Gasteiger partial charge in [0.1, 0.15) is 0 Å². The van der Waals surface area contributed by atoms with Gasteiger partial charge in [-0.1, -0.05) is 11.6 Å². The van der Waals surface area contributed by atoms with Crippen LogP contribution in [0.5, 0.6) is 5.75 Å². The maximum absolute atomic E-state index is 8.86. The van der Waals surface area contributed by atoms with Crippen molar-refractivity contribution in [2.75, 3.05) is 0 Å². The van der Waals surface area contributed by atoms with Gasteiger partial charge in [0.2, 0.25) is 0 Å². The SMILES string of the molecule is Cc1c(O)[c]nnc1Cl. The van der Waals surface area contributed by atoms with E-state index in [1.54, 1.807) is 6.92 Å². The molecule has 0 fully saturated rings. The average molecular weight is 144 g/mol. The first kappa shape index (κ1) is 6.29. The fraction of sp³-hybridized carbons (Fsp3) is 0.200. The molecule has 47 valence electrons. The lowest BCUT2D eigenvalue weighted by Crippen LogP contribution is -1.85. The van der Waals surface area contributed by atoms with E-state index in [4.69, 9.17) is 16.7 Å². The molecule has 1 aromatic heterocycles. The molecule has 0 unspecified atom stereocenters. The summed E-state index contributed by atoms with van der Waals surface area (Å²) in [6.45, 7) is 1.64. The molecule has 1 radical (unpaired) electrons. The fourth-order valence-corrected chi connectivity index (χ4v) is 0.500. The maximum atomic E-state index is 8.86. The average Bonchev–Trinajstić information content (AvgIpc) is 1.83. The molecule has 0 spiro atoms. The van der Waals surface area contributed by atoms with Gasteiger partial charge in [-0.3, -0.25) is 0 Å². The number of halogens is 1. The summed E-state index contributed by atoms with van der Waals surface area (Å²) in [4.78, 5) is 0. The predicted octanol–water partition coefficient (Wildman–Crippen LogP) is 0.944. The zero-order valence-electron chi connectivity index (χ0n) is 4.72. The highest BCUT2D eigenvalue weighted by atomic mass is 35.5. The van der Waals surface area contributed by atoms with Crippen molar-refractivity contribution in [3.05, 3.63) is 16.9 Å². The van der Waals surface area contributed by atoms with E-state index in [0.29, 0.717) is 5.56 Å². The normalized spacial score (nSPS) is 9.56. The van der Waals surface area contributed by atoms with Gasteiger partial charge in [-0.05, 0) is 6.92 Å². The number of hydrogen-bond donors (Lipinski definition) is 1. The minimum atomic E-state index is -0.0463. The Kier molecular flexibility index (Phi) is 1.53. The van der Waals surface area contributed by atoms with Crippen molar-refractivity contribution >= 4 is 11.6 Å². The van der Waals surface area contributed by atoms with Gasteiger partial charge in [0.05, 0.1) is 0 Å². The Morgan fingerprint density at radius 2 is 2.33 bits per heavy atom. The Hall–Kier alpha value is -0.830. The van der Waals surface area contributed by atoms with Gasteiger partial charge in [-0.25, -0.2) is 0 Å². The molecule has 0 atom stereocenters. The Morgan fingerprint density at radius 3 is 2.78 bits per heavy atom.